The fraction of sp³-hybridized carbons (Fsp3) is 0.214. The van der Waals surface area contributed by atoms with Crippen LogP contribution in [-0.4, -0.2) is 13.1 Å². The molecule has 0 amide bonds. The summed E-state index contributed by atoms with van der Waals surface area (Å²) in [5.41, 5.74) is 0. The van der Waals surface area contributed by atoms with Crippen molar-refractivity contribution in [1.29, 1.82) is 0 Å². The molecule has 1 unspecified atom stereocenters. The lowest BCUT2D eigenvalue weighted by Gasteiger charge is -2.13. The normalized spacial score (nSPS) is 12.0. The number of esters is 1. The molecule has 1 heterocycles. The zero-order valence-corrected chi connectivity index (χ0v) is 12.4. The Kier molecular flexibility index (Phi) is 4.57. The molecule has 1 aromatic heterocycles. The third kappa shape index (κ3) is 3.26. The van der Waals surface area contributed by atoms with Crippen molar-refractivity contribution in [2.75, 3.05) is 7.11 Å². The van der Waals surface area contributed by atoms with E-state index in [0.29, 0.717) is 21.6 Å². The Morgan fingerprint density at radius 1 is 1.25 bits per heavy atom. The summed E-state index contributed by atoms with van der Waals surface area (Å²) in [5.74, 6) is 0.573. The molecular formula is C14H12Cl2O4. The molecule has 6 heteroatoms. The molecule has 0 aliphatic carbocycles. The summed E-state index contributed by atoms with van der Waals surface area (Å²) >= 11 is 11.8. The van der Waals surface area contributed by atoms with Gasteiger partial charge < -0.3 is 13.9 Å². The van der Waals surface area contributed by atoms with E-state index in [1.54, 1.807) is 31.2 Å². The van der Waals surface area contributed by atoms with Gasteiger partial charge in [0.1, 0.15) is 11.5 Å². The van der Waals surface area contributed by atoms with Crippen LogP contribution in [0.5, 0.6) is 5.75 Å². The van der Waals surface area contributed by atoms with Crippen molar-refractivity contribution in [2.24, 2.45) is 0 Å². The highest BCUT2D eigenvalue weighted by molar-refractivity contribution is 6.35. The molecule has 1 aromatic carbocycles. The fourth-order valence-corrected chi connectivity index (χ4v) is 2.05. The van der Waals surface area contributed by atoms with Gasteiger partial charge in [0.2, 0.25) is 5.76 Å². The third-order valence-corrected chi connectivity index (χ3v) is 3.14. The molecule has 2 rings (SSSR count). The van der Waals surface area contributed by atoms with Crippen molar-refractivity contribution in [3.8, 4) is 5.75 Å². The highest BCUT2D eigenvalue weighted by atomic mass is 35.5. The first-order valence-corrected chi connectivity index (χ1v) is 6.56. The standard InChI is InChI=1S/C14H12Cl2O4/c1-8(11-5-6-13(20-11)14(17)18-2)19-12-4-3-9(15)7-10(12)16/h3-8H,1-2H3. The minimum atomic E-state index is -0.534. The van der Waals surface area contributed by atoms with Crippen LogP contribution in [0.15, 0.2) is 34.7 Å². The summed E-state index contributed by atoms with van der Waals surface area (Å²) in [6.07, 6.45) is -0.410. The van der Waals surface area contributed by atoms with E-state index in [2.05, 4.69) is 4.74 Å². The number of carbonyl (C=O) groups is 1. The topological polar surface area (TPSA) is 48.7 Å². The summed E-state index contributed by atoms with van der Waals surface area (Å²) in [4.78, 5) is 11.3. The molecule has 0 spiro atoms. The number of hydrogen-bond acceptors (Lipinski definition) is 4. The minimum absolute atomic E-state index is 0.125. The van der Waals surface area contributed by atoms with Gasteiger partial charge in [0.05, 0.1) is 12.1 Å². The van der Waals surface area contributed by atoms with Crippen LogP contribution in [0.3, 0.4) is 0 Å². The number of carbonyl (C=O) groups excluding carboxylic acids is 1. The monoisotopic (exact) mass is 314 g/mol. The maximum atomic E-state index is 11.3. The van der Waals surface area contributed by atoms with E-state index in [1.165, 1.54) is 13.2 Å². The van der Waals surface area contributed by atoms with Crippen molar-refractivity contribution in [1.82, 2.24) is 0 Å². The molecule has 0 saturated carbocycles. The van der Waals surface area contributed by atoms with Crippen molar-refractivity contribution in [3.63, 3.8) is 0 Å². The molecule has 0 bridgehead atoms. The van der Waals surface area contributed by atoms with Crippen LogP contribution in [0.25, 0.3) is 0 Å². The lowest BCUT2D eigenvalue weighted by Crippen LogP contribution is -2.03. The van der Waals surface area contributed by atoms with Crippen LogP contribution in [-0.2, 0) is 4.74 Å². The number of furan rings is 1. The lowest BCUT2D eigenvalue weighted by molar-refractivity contribution is 0.0558. The van der Waals surface area contributed by atoms with Crippen LogP contribution < -0.4 is 4.74 Å². The Labute approximate surface area is 126 Å². The second kappa shape index (κ2) is 6.20. The Morgan fingerprint density at radius 2 is 2.00 bits per heavy atom. The number of benzene rings is 1. The zero-order valence-electron chi connectivity index (χ0n) is 10.9. The second-order valence-corrected chi connectivity index (χ2v) is 4.87. The van der Waals surface area contributed by atoms with Crippen LogP contribution in [0.4, 0.5) is 0 Å². The van der Waals surface area contributed by atoms with E-state index in [4.69, 9.17) is 32.4 Å². The second-order valence-electron chi connectivity index (χ2n) is 4.03. The van der Waals surface area contributed by atoms with Crippen LogP contribution in [0, 0.1) is 0 Å². The number of hydrogen-bond donors (Lipinski definition) is 0. The number of ether oxygens (including phenoxy) is 2. The van der Waals surface area contributed by atoms with Gasteiger partial charge >= 0.3 is 5.97 Å². The average Bonchev–Trinajstić information content (AvgIpc) is 2.90. The van der Waals surface area contributed by atoms with Gasteiger partial charge in [0, 0.05) is 5.02 Å². The van der Waals surface area contributed by atoms with Gasteiger partial charge in [-0.15, -0.1) is 0 Å². The summed E-state index contributed by atoms with van der Waals surface area (Å²) in [6, 6.07) is 8.13. The largest absolute Gasteiger partial charge is 0.481 e. The summed E-state index contributed by atoms with van der Waals surface area (Å²) in [6.45, 7) is 1.78. The average molecular weight is 315 g/mol. The number of methoxy groups -OCH3 is 1. The minimum Gasteiger partial charge on any atom is -0.481 e. The van der Waals surface area contributed by atoms with Gasteiger partial charge in [-0.1, -0.05) is 23.2 Å². The third-order valence-electron chi connectivity index (χ3n) is 2.61. The van der Waals surface area contributed by atoms with Crippen molar-refractivity contribution in [2.45, 2.75) is 13.0 Å². The molecule has 0 aliphatic rings. The SMILES string of the molecule is COC(=O)c1ccc(C(C)Oc2ccc(Cl)cc2Cl)o1. The Hall–Kier alpha value is -1.65. The van der Waals surface area contributed by atoms with E-state index in [-0.39, 0.29) is 5.76 Å². The Bertz CT molecular complexity index is 621. The van der Waals surface area contributed by atoms with Crippen molar-refractivity contribution >= 4 is 29.2 Å². The van der Waals surface area contributed by atoms with E-state index in [1.807, 2.05) is 0 Å². The van der Waals surface area contributed by atoms with Gasteiger partial charge in [-0.2, -0.15) is 0 Å². The molecule has 0 aliphatic heterocycles. The smallest absolute Gasteiger partial charge is 0.373 e. The summed E-state index contributed by atoms with van der Waals surface area (Å²) in [7, 11) is 1.29. The summed E-state index contributed by atoms with van der Waals surface area (Å²) in [5, 5.41) is 0.935. The highest BCUT2D eigenvalue weighted by Gasteiger charge is 2.17. The molecule has 0 radical (unpaired) electrons. The van der Waals surface area contributed by atoms with E-state index >= 15 is 0 Å². The lowest BCUT2D eigenvalue weighted by atomic mass is 10.3. The molecule has 4 nitrogen and oxygen atoms in total. The van der Waals surface area contributed by atoms with Crippen LogP contribution in [0.2, 0.25) is 10.0 Å². The first kappa shape index (κ1) is 14.8. The fourth-order valence-electron chi connectivity index (χ4n) is 1.60. The van der Waals surface area contributed by atoms with Gasteiger partial charge in [0.15, 0.2) is 6.10 Å². The maximum absolute atomic E-state index is 11.3. The highest BCUT2D eigenvalue weighted by Crippen LogP contribution is 2.31. The quantitative estimate of drug-likeness (QED) is 0.779. The first-order valence-electron chi connectivity index (χ1n) is 5.81. The Balaban J connectivity index is 2.13. The van der Waals surface area contributed by atoms with Crippen molar-refractivity contribution in [3.05, 3.63) is 51.9 Å². The summed E-state index contributed by atoms with van der Waals surface area (Å²) < 4.78 is 15.6. The molecule has 1 atom stereocenters. The van der Waals surface area contributed by atoms with Gasteiger partial charge in [0.25, 0.3) is 0 Å². The molecular weight excluding hydrogens is 303 g/mol. The Morgan fingerprint density at radius 3 is 2.65 bits per heavy atom. The molecule has 0 fully saturated rings. The van der Waals surface area contributed by atoms with Gasteiger partial charge in [-0.25, -0.2) is 4.79 Å². The van der Waals surface area contributed by atoms with Crippen LogP contribution in [0.1, 0.15) is 29.3 Å². The zero-order chi connectivity index (χ0) is 14.7. The molecule has 2 aromatic rings. The van der Waals surface area contributed by atoms with Gasteiger partial charge in [-0.3, -0.25) is 0 Å². The molecule has 0 saturated heterocycles. The molecule has 20 heavy (non-hydrogen) atoms. The van der Waals surface area contributed by atoms with E-state index in [9.17, 15) is 4.79 Å². The molecule has 0 N–H and O–H groups in total. The van der Waals surface area contributed by atoms with E-state index in [0.717, 1.165) is 0 Å². The van der Waals surface area contributed by atoms with Crippen molar-refractivity contribution < 1.29 is 18.7 Å². The van der Waals surface area contributed by atoms with Crippen LogP contribution >= 0.6 is 23.2 Å². The predicted octanol–water partition coefficient (Wildman–Crippen LogP) is 4.51. The van der Waals surface area contributed by atoms with E-state index < -0.39 is 12.1 Å². The maximum Gasteiger partial charge on any atom is 0.373 e. The number of halogens is 2. The molecule has 106 valence electrons. The van der Waals surface area contributed by atoms with Gasteiger partial charge in [-0.05, 0) is 37.3 Å². The first-order chi connectivity index (χ1) is 9.51. The predicted molar refractivity (Wildman–Crippen MR) is 75.6 cm³/mol. The number of rotatable bonds is 4.